The zero-order valence-electron chi connectivity index (χ0n) is 16.4. The minimum atomic E-state index is -3.67. The average Bonchev–Trinajstić information content (AvgIpc) is 3.11. The molecule has 0 saturated carbocycles. The number of nitrogens with one attached hydrogen (secondary N) is 1. The van der Waals surface area contributed by atoms with Crippen LogP contribution in [-0.2, 0) is 10.0 Å². The van der Waals surface area contributed by atoms with E-state index in [4.69, 9.17) is 4.42 Å². The van der Waals surface area contributed by atoms with Crippen molar-refractivity contribution in [2.45, 2.75) is 11.8 Å². The van der Waals surface area contributed by atoms with E-state index >= 15 is 0 Å². The highest BCUT2D eigenvalue weighted by molar-refractivity contribution is 7.92. The molecule has 1 heterocycles. The summed E-state index contributed by atoms with van der Waals surface area (Å²) in [6, 6.07) is 19.6. The van der Waals surface area contributed by atoms with Crippen molar-refractivity contribution in [3.8, 4) is 11.5 Å². The molecule has 0 fully saturated rings. The minimum Gasteiger partial charge on any atom is -0.436 e. The Balaban J connectivity index is 1.62. The lowest BCUT2D eigenvalue weighted by atomic mass is 10.2. The van der Waals surface area contributed by atoms with Crippen molar-refractivity contribution < 1.29 is 12.8 Å². The van der Waals surface area contributed by atoms with E-state index in [9.17, 15) is 8.42 Å². The molecule has 0 aliphatic heterocycles. The van der Waals surface area contributed by atoms with Crippen molar-refractivity contribution in [1.29, 1.82) is 0 Å². The molecule has 0 spiro atoms. The fourth-order valence-corrected chi connectivity index (χ4v) is 4.00. The van der Waals surface area contributed by atoms with Crippen molar-refractivity contribution in [3.63, 3.8) is 0 Å². The molecule has 1 N–H and O–H groups in total. The van der Waals surface area contributed by atoms with Crippen LogP contribution in [0.4, 0.5) is 11.4 Å². The summed E-state index contributed by atoms with van der Waals surface area (Å²) in [4.78, 5) is 6.75. The molecular weight excluding hydrogens is 386 g/mol. The van der Waals surface area contributed by atoms with Crippen LogP contribution in [0, 0.1) is 6.92 Å². The number of oxazole rings is 1. The molecule has 0 bridgehead atoms. The third-order valence-electron chi connectivity index (χ3n) is 4.60. The molecule has 4 aromatic rings. The maximum absolute atomic E-state index is 12.6. The van der Waals surface area contributed by atoms with Gasteiger partial charge < -0.3 is 9.32 Å². The van der Waals surface area contributed by atoms with Gasteiger partial charge in [-0.2, -0.15) is 0 Å². The van der Waals surface area contributed by atoms with Gasteiger partial charge in [0.15, 0.2) is 5.58 Å². The molecule has 0 saturated heterocycles. The van der Waals surface area contributed by atoms with E-state index < -0.39 is 10.0 Å². The first-order valence-corrected chi connectivity index (χ1v) is 10.6. The number of hydrogen-bond acceptors (Lipinski definition) is 5. The lowest BCUT2D eigenvalue weighted by Gasteiger charge is -2.11. The number of aryl methyl sites for hydroxylation is 1. The number of benzene rings is 3. The number of rotatable bonds is 5. The summed E-state index contributed by atoms with van der Waals surface area (Å²) in [6.07, 6.45) is 0. The second-order valence-electron chi connectivity index (χ2n) is 7.06. The molecule has 0 aliphatic carbocycles. The summed E-state index contributed by atoms with van der Waals surface area (Å²) in [6.45, 7) is 1.91. The molecule has 29 heavy (non-hydrogen) atoms. The standard InChI is InChI=1S/C22H21N3O3S/c1-15-4-11-19(12-5-15)29(26,27)24-17-8-13-21-20(14-17)23-22(28-21)16-6-9-18(10-7-16)25(2)3/h4-14,24H,1-3H3. The largest absolute Gasteiger partial charge is 0.436 e. The van der Waals surface area contributed by atoms with Crippen LogP contribution >= 0.6 is 0 Å². The molecule has 1 aromatic heterocycles. The molecule has 6 nitrogen and oxygen atoms in total. The average molecular weight is 407 g/mol. The van der Waals surface area contributed by atoms with Crippen LogP contribution in [-0.4, -0.2) is 27.5 Å². The molecule has 148 valence electrons. The number of fused-ring (bicyclic) bond motifs is 1. The van der Waals surface area contributed by atoms with E-state index in [0.717, 1.165) is 16.8 Å². The van der Waals surface area contributed by atoms with Gasteiger partial charge in [0.2, 0.25) is 5.89 Å². The predicted molar refractivity (Wildman–Crippen MR) is 116 cm³/mol. The quantitative estimate of drug-likeness (QED) is 0.520. The maximum Gasteiger partial charge on any atom is 0.261 e. The van der Waals surface area contributed by atoms with Gasteiger partial charge in [-0.25, -0.2) is 13.4 Å². The topological polar surface area (TPSA) is 75.4 Å². The number of sulfonamides is 1. The Morgan fingerprint density at radius 1 is 0.931 bits per heavy atom. The Hall–Kier alpha value is -3.32. The number of aromatic nitrogens is 1. The highest BCUT2D eigenvalue weighted by atomic mass is 32.2. The summed E-state index contributed by atoms with van der Waals surface area (Å²) < 4.78 is 33.6. The van der Waals surface area contributed by atoms with Crippen LogP contribution in [0.5, 0.6) is 0 Å². The smallest absolute Gasteiger partial charge is 0.261 e. The van der Waals surface area contributed by atoms with Crippen LogP contribution in [0.1, 0.15) is 5.56 Å². The van der Waals surface area contributed by atoms with Gasteiger partial charge in [-0.15, -0.1) is 0 Å². The third-order valence-corrected chi connectivity index (χ3v) is 6.00. The van der Waals surface area contributed by atoms with Crippen LogP contribution in [0.25, 0.3) is 22.6 Å². The Kier molecular flexibility index (Phi) is 4.76. The first-order chi connectivity index (χ1) is 13.8. The fraction of sp³-hybridized carbons (Fsp3) is 0.136. The predicted octanol–water partition coefficient (Wildman–Crippen LogP) is 4.67. The van der Waals surface area contributed by atoms with Gasteiger partial charge in [-0.1, -0.05) is 17.7 Å². The van der Waals surface area contributed by atoms with Gasteiger partial charge in [0.05, 0.1) is 10.6 Å². The first-order valence-electron chi connectivity index (χ1n) is 9.10. The van der Waals surface area contributed by atoms with E-state index in [0.29, 0.717) is 22.7 Å². The van der Waals surface area contributed by atoms with Gasteiger partial charge in [-0.05, 0) is 61.5 Å². The first kappa shape index (κ1) is 19.0. The van der Waals surface area contributed by atoms with Crippen molar-refractivity contribution in [2.24, 2.45) is 0 Å². The normalized spacial score (nSPS) is 11.6. The van der Waals surface area contributed by atoms with Crippen LogP contribution in [0.2, 0.25) is 0 Å². The zero-order chi connectivity index (χ0) is 20.6. The van der Waals surface area contributed by atoms with Gasteiger partial charge >= 0.3 is 0 Å². The number of anilines is 2. The molecule has 0 unspecified atom stereocenters. The second-order valence-corrected chi connectivity index (χ2v) is 8.74. The monoisotopic (exact) mass is 407 g/mol. The molecule has 7 heteroatoms. The maximum atomic E-state index is 12.6. The highest BCUT2D eigenvalue weighted by Crippen LogP contribution is 2.28. The van der Waals surface area contributed by atoms with E-state index in [2.05, 4.69) is 9.71 Å². The Morgan fingerprint density at radius 2 is 1.62 bits per heavy atom. The van der Waals surface area contributed by atoms with Crippen molar-refractivity contribution in [1.82, 2.24) is 4.98 Å². The summed E-state index contributed by atoms with van der Waals surface area (Å²) in [5.74, 6) is 0.490. The Morgan fingerprint density at radius 3 is 2.28 bits per heavy atom. The molecule has 0 atom stereocenters. The van der Waals surface area contributed by atoms with Gasteiger partial charge in [-0.3, -0.25) is 4.72 Å². The van der Waals surface area contributed by atoms with Crippen LogP contribution in [0.3, 0.4) is 0 Å². The summed E-state index contributed by atoms with van der Waals surface area (Å²) in [7, 11) is 0.290. The van der Waals surface area contributed by atoms with Gasteiger partial charge in [0.25, 0.3) is 10.0 Å². The molecule has 0 radical (unpaired) electrons. The summed E-state index contributed by atoms with van der Waals surface area (Å²) in [5.41, 5.74) is 4.54. The van der Waals surface area contributed by atoms with Crippen molar-refractivity contribution >= 4 is 32.5 Å². The lowest BCUT2D eigenvalue weighted by molar-refractivity contribution is 0.601. The Labute approximate surface area is 169 Å². The van der Waals surface area contributed by atoms with Crippen LogP contribution in [0.15, 0.2) is 76.0 Å². The zero-order valence-corrected chi connectivity index (χ0v) is 17.2. The SMILES string of the molecule is Cc1ccc(S(=O)(=O)Nc2ccc3oc(-c4ccc(N(C)C)cc4)nc3c2)cc1. The van der Waals surface area contributed by atoms with E-state index in [1.54, 1.807) is 42.5 Å². The molecule has 4 rings (SSSR count). The van der Waals surface area contributed by atoms with E-state index in [-0.39, 0.29) is 4.90 Å². The van der Waals surface area contributed by atoms with Gasteiger partial charge in [0, 0.05) is 25.3 Å². The van der Waals surface area contributed by atoms with Crippen molar-refractivity contribution in [3.05, 3.63) is 72.3 Å². The number of nitrogens with zero attached hydrogens (tertiary/aromatic N) is 2. The third kappa shape index (κ3) is 3.95. The highest BCUT2D eigenvalue weighted by Gasteiger charge is 2.15. The molecule has 0 amide bonds. The van der Waals surface area contributed by atoms with Crippen molar-refractivity contribution in [2.75, 3.05) is 23.7 Å². The second kappa shape index (κ2) is 7.25. The Bertz CT molecular complexity index is 1260. The van der Waals surface area contributed by atoms with Gasteiger partial charge in [0.1, 0.15) is 5.52 Å². The summed E-state index contributed by atoms with van der Waals surface area (Å²) in [5, 5.41) is 0. The van der Waals surface area contributed by atoms with E-state index in [1.807, 2.05) is 50.2 Å². The molecular formula is C22H21N3O3S. The minimum absolute atomic E-state index is 0.213. The number of hydrogen-bond donors (Lipinski definition) is 1. The van der Waals surface area contributed by atoms with Crippen LogP contribution < -0.4 is 9.62 Å². The summed E-state index contributed by atoms with van der Waals surface area (Å²) >= 11 is 0. The molecule has 3 aromatic carbocycles. The van der Waals surface area contributed by atoms with E-state index in [1.165, 1.54) is 0 Å². The molecule has 0 aliphatic rings. The lowest BCUT2D eigenvalue weighted by Crippen LogP contribution is -2.12. The fourth-order valence-electron chi connectivity index (χ4n) is 2.95.